The van der Waals surface area contributed by atoms with E-state index in [0.717, 1.165) is 5.69 Å². The van der Waals surface area contributed by atoms with Crippen LogP contribution in [0.5, 0.6) is 0 Å². The summed E-state index contributed by atoms with van der Waals surface area (Å²) in [7, 11) is 0. The molecule has 1 N–H and O–H groups in total. The van der Waals surface area contributed by atoms with Crippen LogP contribution in [0.3, 0.4) is 0 Å². The summed E-state index contributed by atoms with van der Waals surface area (Å²) in [5.41, 5.74) is 2.18. The van der Waals surface area contributed by atoms with Gasteiger partial charge in [0, 0.05) is 6.32 Å². The van der Waals surface area contributed by atoms with Crippen molar-refractivity contribution in [3.05, 3.63) is 23.8 Å². The molecule has 0 saturated carbocycles. The zero-order chi connectivity index (χ0) is 10.6. The van der Waals surface area contributed by atoms with Gasteiger partial charge in [0.05, 0.1) is 11.4 Å². The SMILES string of the molecule is CC.Cc1ccc2c(c1)SCC(=O)N2.[HH]. The van der Waals surface area contributed by atoms with Crippen molar-refractivity contribution in [2.24, 2.45) is 0 Å². The Bertz CT molecular complexity index is 341. The third kappa shape index (κ3) is 2.51. The largest absolute Gasteiger partial charge is 0.324 e. The summed E-state index contributed by atoms with van der Waals surface area (Å²) in [5.74, 6) is 0.632. The standard InChI is InChI=1S/C9H9NOS.C2H6.H2/c1-6-2-3-7-8(4-6)12-5-9(11)10-7;1-2;/h2-4H,5H2,1H3,(H,10,11);1-2H3;1H. The highest BCUT2D eigenvalue weighted by molar-refractivity contribution is 8.00. The summed E-state index contributed by atoms with van der Waals surface area (Å²) in [6, 6.07) is 6.05. The van der Waals surface area contributed by atoms with Crippen molar-refractivity contribution in [1.29, 1.82) is 0 Å². The maximum absolute atomic E-state index is 11.0. The number of hydrogen-bond acceptors (Lipinski definition) is 2. The van der Waals surface area contributed by atoms with Crippen molar-refractivity contribution >= 4 is 23.4 Å². The predicted octanol–water partition coefficient (Wildman–Crippen LogP) is 3.31. The quantitative estimate of drug-likeness (QED) is 0.713. The minimum atomic E-state index is 0. The molecule has 1 aliphatic rings. The molecule has 3 heteroatoms. The van der Waals surface area contributed by atoms with Gasteiger partial charge >= 0.3 is 0 Å². The molecule has 0 atom stereocenters. The van der Waals surface area contributed by atoms with Crippen molar-refractivity contribution in [3.63, 3.8) is 0 Å². The molecule has 2 rings (SSSR count). The van der Waals surface area contributed by atoms with Crippen LogP contribution >= 0.6 is 11.8 Å². The number of carbonyl (C=O) groups is 1. The van der Waals surface area contributed by atoms with Crippen molar-refractivity contribution < 1.29 is 6.22 Å². The number of anilines is 1. The average Bonchev–Trinajstić information content (AvgIpc) is 2.21. The fraction of sp³-hybridized carbons (Fsp3) is 0.364. The molecule has 0 fully saturated rings. The number of amides is 1. The topological polar surface area (TPSA) is 29.1 Å². The van der Waals surface area contributed by atoms with E-state index in [1.54, 1.807) is 11.8 Å². The lowest BCUT2D eigenvalue weighted by Gasteiger charge is -2.15. The van der Waals surface area contributed by atoms with Gasteiger partial charge in [0.15, 0.2) is 0 Å². The summed E-state index contributed by atoms with van der Waals surface area (Å²) in [4.78, 5) is 12.2. The van der Waals surface area contributed by atoms with Crippen molar-refractivity contribution in [1.82, 2.24) is 0 Å². The van der Waals surface area contributed by atoms with Crippen LogP contribution in [0, 0.1) is 6.92 Å². The molecule has 2 nitrogen and oxygen atoms in total. The lowest BCUT2D eigenvalue weighted by Crippen LogP contribution is -2.18. The molecule has 1 heterocycles. The first-order valence-corrected chi connectivity index (χ1v) is 5.77. The second-order valence-corrected chi connectivity index (χ2v) is 3.85. The number of hydrogen-bond donors (Lipinski definition) is 1. The zero-order valence-corrected chi connectivity index (χ0v) is 9.57. The number of benzene rings is 1. The molecular weight excluding hydrogens is 194 g/mol. The molecule has 0 unspecified atom stereocenters. The molecule has 0 bridgehead atoms. The van der Waals surface area contributed by atoms with Crippen LogP contribution in [-0.2, 0) is 4.79 Å². The maximum atomic E-state index is 11.0. The second-order valence-electron chi connectivity index (χ2n) is 2.84. The van der Waals surface area contributed by atoms with Gasteiger partial charge in [-0.1, -0.05) is 19.9 Å². The second kappa shape index (κ2) is 5.05. The van der Waals surface area contributed by atoms with E-state index in [2.05, 4.69) is 18.3 Å². The van der Waals surface area contributed by atoms with Crippen molar-refractivity contribution in [2.75, 3.05) is 11.1 Å². The Labute approximate surface area is 90.6 Å². The molecular formula is C11H17NOS. The molecule has 1 aromatic rings. The molecule has 0 aromatic heterocycles. The lowest BCUT2D eigenvalue weighted by molar-refractivity contribution is -0.113. The van der Waals surface area contributed by atoms with E-state index in [4.69, 9.17) is 0 Å². The van der Waals surface area contributed by atoms with Crippen molar-refractivity contribution in [2.45, 2.75) is 25.7 Å². The number of rotatable bonds is 0. The van der Waals surface area contributed by atoms with Gasteiger partial charge in [-0.3, -0.25) is 4.79 Å². The van der Waals surface area contributed by atoms with Gasteiger partial charge in [-0.2, -0.15) is 0 Å². The Morgan fingerprint density at radius 1 is 1.43 bits per heavy atom. The van der Waals surface area contributed by atoms with E-state index < -0.39 is 0 Å². The molecule has 1 aromatic carbocycles. The Morgan fingerprint density at radius 2 is 2.14 bits per heavy atom. The van der Waals surface area contributed by atoms with Crippen LogP contribution in [0.4, 0.5) is 5.69 Å². The van der Waals surface area contributed by atoms with Crippen LogP contribution in [-0.4, -0.2) is 11.7 Å². The molecule has 0 radical (unpaired) electrons. The molecule has 0 saturated heterocycles. The highest BCUT2D eigenvalue weighted by Crippen LogP contribution is 2.31. The molecule has 1 amide bonds. The summed E-state index contributed by atoms with van der Waals surface area (Å²) in [6.45, 7) is 6.05. The van der Waals surface area contributed by atoms with E-state index in [0.29, 0.717) is 5.75 Å². The first-order chi connectivity index (χ1) is 6.75. The van der Waals surface area contributed by atoms with Crippen LogP contribution < -0.4 is 5.32 Å². The third-order valence-electron chi connectivity index (χ3n) is 1.77. The van der Waals surface area contributed by atoms with E-state index in [-0.39, 0.29) is 7.33 Å². The summed E-state index contributed by atoms with van der Waals surface area (Å²) < 4.78 is 0. The van der Waals surface area contributed by atoms with Gasteiger partial charge < -0.3 is 5.32 Å². The average molecular weight is 211 g/mol. The number of nitrogens with one attached hydrogen (secondary N) is 1. The Hall–Kier alpha value is -0.960. The molecule has 0 aliphatic carbocycles. The van der Waals surface area contributed by atoms with Gasteiger partial charge in [-0.25, -0.2) is 0 Å². The zero-order valence-electron chi connectivity index (χ0n) is 8.76. The highest BCUT2D eigenvalue weighted by atomic mass is 32.2. The third-order valence-corrected chi connectivity index (χ3v) is 2.83. The van der Waals surface area contributed by atoms with Gasteiger partial charge in [-0.05, 0) is 24.6 Å². The molecule has 1 aliphatic heterocycles. The lowest BCUT2D eigenvalue weighted by atomic mass is 10.2. The first kappa shape index (κ1) is 11.1. The monoisotopic (exact) mass is 211 g/mol. The maximum Gasteiger partial charge on any atom is 0.234 e. The minimum absolute atomic E-state index is 0. The Kier molecular flexibility index (Phi) is 4.01. The fourth-order valence-electron chi connectivity index (χ4n) is 1.18. The van der Waals surface area contributed by atoms with Gasteiger partial charge in [0.2, 0.25) is 5.91 Å². The smallest absolute Gasteiger partial charge is 0.234 e. The van der Waals surface area contributed by atoms with Gasteiger partial charge in [0.25, 0.3) is 0 Å². The summed E-state index contributed by atoms with van der Waals surface area (Å²) in [5, 5.41) is 2.83. The number of aryl methyl sites for hydroxylation is 1. The highest BCUT2D eigenvalue weighted by Gasteiger charge is 2.14. The summed E-state index contributed by atoms with van der Waals surface area (Å²) >= 11 is 1.60. The first-order valence-electron chi connectivity index (χ1n) is 4.79. The van der Waals surface area contributed by atoms with E-state index in [1.165, 1.54) is 10.5 Å². The molecule has 78 valence electrons. The van der Waals surface area contributed by atoms with E-state index in [9.17, 15) is 4.79 Å². The molecule has 0 spiro atoms. The van der Waals surface area contributed by atoms with Crippen LogP contribution in [0.2, 0.25) is 0 Å². The van der Waals surface area contributed by atoms with Crippen molar-refractivity contribution in [3.8, 4) is 0 Å². The number of fused-ring (bicyclic) bond motifs is 1. The predicted molar refractivity (Wildman–Crippen MR) is 64.0 cm³/mol. The fourth-order valence-corrected chi connectivity index (χ4v) is 2.08. The van der Waals surface area contributed by atoms with Crippen LogP contribution in [0.1, 0.15) is 20.8 Å². The summed E-state index contributed by atoms with van der Waals surface area (Å²) in [6.07, 6.45) is 0. The van der Waals surface area contributed by atoms with Crippen LogP contribution in [0.25, 0.3) is 0 Å². The van der Waals surface area contributed by atoms with E-state index in [1.807, 2.05) is 26.0 Å². The van der Waals surface area contributed by atoms with Gasteiger partial charge in [-0.15, -0.1) is 11.8 Å². The Morgan fingerprint density at radius 3 is 2.86 bits per heavy atom. The molecule has 14 heavy (non-hydrogen) atoms. The number of thioether (sulfide) groups is 1. The Balaban J connectivity index is 0.000000617. The van der Waals surface area contributed by atoms with E-state index >= 15 is 0 Å². The normalized spacial score (nSPS) is 13.5. The van der Waals surface area contributed by atoms with Crippen LogP contribution in [0.15, 0.2) is 23.1 Å². The number of carbonyl (C=O) groups excluding carboxylic acids is 1. The minimum Gasteiger partial charge on any atom is -0.324 e. The van der Waals surface area contributed by atoms with Gasteiger partial charge in [0.1, 0.15) is 0 Å².